The van der Waals surface area contributed by atoms with Crippen molar-refractivity contribution < 1.29 is 35.5 Å². The number of hydrogen-bond acceptors (Lipinski definition) is 2. The molecular formula is C22H17BrClF7N4O. The van der Waals surface area contributed by atoms with Gasteiger partial charge < -0.3 is 9.47 Å². The smallest absolute Gasteiger partial charge is 0.339 e. The molecule has 0 aliphatic heterocycles. The molecule has 2 heterocycles. The molecule has 0 radical (unpaired) electrons. The van der Waals surface area contributed by atoms with E-state index in [9.17, 15) is 35.5 Å². The summed E-state index contributed by atoms with van der Waals surface area (Å²) in [6, 6.07) is 5.17. The Morgan fingerprint density at radius 1 is 1.08 bits per heavy atom. The highest BCUT2D eigenvalue weighted by atomic mass is 79.9. The quantitative estimate of drug-likeness (QED) is 0.302. The molecule has 36 heavy (non-hydrogen) atoms. The summed E-state index contributed by atoms with van der Waals surface area (Å²) < 4.78 is 95.6. The van der Waals surface area contributed by atoms with Gasteiger partial charge in [-0.05, 0) is 52.5 Å². The molecule has 2 aromatic heterocycles. The van der Waals surface area contributed by atoms with Crippen LogP contribution in [0.15, 0.2) is 41.1 Å². The van der Waals surface area contributed by atoms with Gasteiger partial charge >= 0.3 is 18.0 Å². The fraction of sp³-hybridized carbons (Fsp3) is 0.364. The first-order chi connectivity index (χ1) is 16.6. The molecule has 194 valence electrons. The van der Waals surface area contributed by atoms with Crippen molar-refractivity contribution in [2.75, 3.05) is 7.05 Å². The number of carbonyl (C=O) groups is 1. The van der Waals surface area contributed by atoms with Crippen LogP contribution < -0.4 is 0 Å². The molecule has 0 bridgehead atoms. The lowest BCUT2D eigenvalue weighted by Gasteiger charge is -2.30. The number of alkyl halides is 7. The molecule has 0 unspecified atom stereocenters. The standard InChI is InChI=1S/C22H17BrClF7N4O/c1-33(13-4-5-13)19(36)14-7-11(3-6-16(14)24)12-9-32-35(10-12)18-15(23)8-17(34(18)2)20(25,21(26,27)28)22(29,30)31/h3,6-10,13H,4-5H2,1-2H3. The number of rotatable bonds is 5. The van der Waals surface area contributed by atoms with Gasteiger partial charge in [0.1, 0.15) is 5.82 Å². The maximum atomic E-state index is 14.7. The van der Waals surface area contributed by atoms with Crippen LogP contribution in [0.5, 0.6) is 0 Å². The minimum absolute atomic E-state index is 0.139. The molecule has 0 saturated heterocycles. The van der Waals surface area contributed by atoms with Crippen LogP contribution in [0.1, 0.15) is 28.9 Å². The van der Waals surface area contributed by atoms with E-state index in [1.807, 2.05) is 0 Å². The first kappa shape index (κ1) is 26.5. The fourth-order valence-electron chi connectivity index (χ4n) is 3.87. The third kappa shape index (κ3) is 4.29. The van der Waals surface area contributed by atoms with E-state index in [0.717, 1.165) is 24.6 Å². The zero-order valence-electron chi connectivity index (χ0n) is 18.6. The van der Waals surface area contributed by atoms with Crippen LogP contribution in [0.25, 0.3) is 16.9 Å². The monoisotopic (exact) mass is 600 g/mol. The first-order valence-electron chi connectivity index (χ1n) is 10.4. The number of benzene rings is 1. The Balaban J connectivity index is 1.74. The molecular weight excluding hydrogens is 585 g/mol. The Morgan fingerprint density at radius 3 is 2.25 bits per heavy atom. The lowest BCUT2D eigenvalue weighted by Crippen LogP contribution is -2.51. The number of nitrogens with zero attached hydrogens (tertiary/aromatic N) is 4. The van der Waals surface area contributed by atoms with Crippen molar-refractivity contribution in [3.05, 3.63) is 57.4 Å². The van der Waals surface area contributed by atoms with Crippen molar-refractivity contribution in [2.24, 2.45) is 7.05 Å². The molecule has 14 heteroatoms. The SMILES string of the molecule is CN(C(=O)c1cc(-c2cnn(-c3c(Br)cc(C(F)(C(F)(F)F)C(F)(F)F)n3C)c2)ccc1Cl)C1CC1. The summed E-state index contributed by atoms with van der Waals surface area (Å²) in [5, 5.41) is 4.25. The second-order valence-corrected chi connectivity index (χ2v) is 9.69. The van der Waals surface area contributed by atoms with Gasteiger partial charge in [-0.2, -0.15) is 31.4 Å². The van der Waals surface area contributed by atoms with Gasteiger partial charge in [0.15, 0.2) is 0 Å². The van der Waals surface area contributed by atoms with Gasteiger partial charge in [0.2, 0.25) is 0 Å². The van der Waals surface area contributed by atoms with Gasteiger partial charge in [0.05, 0.1) is 26.9 Å². The van der Waals surface area contributed by atoms with Crippen LogP contribution in [0.2, 0.25) is 5.02 Å². The molecule has 0 spiro atoms. The molecule has 1 aliphatic rings. The highest BCUT2D eigenvalue weighted by Crippen LogP contribution is 2.54. The highest BCUT2D eigenvalue weighted by molar-refractivity contribution is 9.10. The Bertz CT molecular complexity index is 1310. The molecule has 1 fully saturated rings. The number of carbonyl (C=O) groups excluding carboxylic acids is 1. The zero-order chi connectivity index (χ0) is 26.8. The third-order valence-corrected chi connectivity index (χ3v) is 6.95. The number of aromatic nitrogens is 3. The van der Waals surface area contributed by atoms with Crippen molar-refractivity contribution in [2.45, 2.75) is 36.9 Å². The van der Waals surface area contributed by atoms with E-state index in [1.54, 1.807) is 18.0 Å². The van der Waals surface area contributed by atoms with Crippen molar-refractivity contribution in [1.82, 2.24) is 19.2 Å². The van der Waals surface area contributed by atoms with Gasteiger partial charge in [0.25, 0.3) is 5.91 Å². The van der Waals surface area contributed by atoms with Gasteiger partial charge in [0, 0.05) is 31.9 Å². The van der Waals surface area contributed by atoms with Crippen LogP contribution in [0.4, 0.5) is 30.7 Å². The van der Waals surface area contributed by atoms with E-state index in [4.69, 9.17) is 11.6 Å². The van der Waals surface area contributed by atoms with Crippen LogP contribution in [-0.4, -0.2) is 50.6 Å². The molecule has 5 nitrogen and oxygen atoms in total. The fourth-order valence-corrected chi connectivity index (χ4v) is 4.74. The van der Waals surface area contributed by atoms with E-state index in [-0.39, 0.29) is 32.8 Å². The van der Waals surface area contributed by atoms with E-state index < -0.39 is 23.7 Å². The number of halogens is 9. The summed E-state index contributed by atoms with van der Waals surface area (Å²) in [4.78, 5) is 14.4. The van der Waals surface area contributed by atoms with Crippen molar-refractivity contribution in [1.29, 1.82) is 0 Å². The normalized spacial score (nSPS) is 14.9. The maximum Gasteiger partial charge on any atom is 0.437 e. The summed E-state index contributed by atoms with van der Waals surface area (Å²) in [5.74, 6) is -0.560. The predicted molar refractivity (Wildman–Crippen MR) is 121 cm³/mol. The zero-order valence-corrected chi connectivity index (χ0v) is 20.9. The van der Waals surface area contributed by atoms with Crippen LogP contribution in [0.3, 0.4) is 0 Å². The van der Waals surface area contributed by atoms with Crippen molar-refractivity contribution >= 4 is 33.4 Å². The Morgan fingerprint density at radius 2 is 1.69 bits per heavy atom. The van der Waals surface area contributed by atoms with Gasteiger partial charge in [-0.25, -0.2) is 9.07 Å². The highest BCUT2D eigenvalue weighted by Gasteiger charge is 2.75. The van der Waals surface area contributed by atoms with Gasteiger partial charge in [-0.3, -0.25) is 4.79 Å². The summed E-state index contributed by atoms with van der Waals surface area (Å²) in [5.41, 5.74) is -6.17. The summed E-state index contributed by atoms with van der Waals surface area (Å²) in [6.45, 7) is 0. The van der Waals surface area contributed by atoms with Crippen LogP contribution in [-0.2, 0) is 12.7 Å². The Hall–Kier alpha value is -2.54. The number of amides is 1. The molecule has 0 N–H and O–H groups in total. The molecule has 1 aromatic carbocycles. The lowest BCUT2D eigenvalue weighted by atomic mass is 10.0. The average molecular weight is 602 g/mol. The second kappa shape index (κ2) is 8.79. The lowest BCUT2D eigenvalue weighted by molar-refractivity contribution is -0.350. The Kier molecular flexibility index (Phi) is 6.47. The van der Waals surface area contributed by atoms with Crippen LogP contribution >= 0.6 is 27.5 Å². The summed E-state index contributed by atoms with van der Waals surface area (Å²) >= 11 is 9.13. The largest absolute Gasteiger partial charge is 0.437 e. The third-order valence-electron chi connectivity index (χ3n) is 6.03. The van der Waals surface area contributed by atoms with Crippen molar-refractivity contribution in [3.8, 4) is 16.9 Å². The maximum absolute atomic E-state index is 14.7. The minimum atomic E-state index is -6.26. The summed E-state index contributed by atoms with van der Waals surface area (Å²) in [7, 11) is 2.54. The summed E-state index contributed by atoms with van der Waals surface area (Å²) in [6.07, 6.45) is -8.11. The Labute approximate surface area is 213 Å². The van der Waals surface area contributed by atoms with E-state index in [2.05, 4.69) is 21.0 Å². The van der Waals surface area contributed by atoms with Crippen molar-refractivity contribution in [3.63, 3.8) is 0 Å². The van der Waals surface area contributed by atoms with E-state index in [1.165, 1.54) is 24.5 Å². The van der Waals surface area contributed by atoms with Gasteiger partial charge in [-0.1, -0.05) is 17.7 Å². The predicted octanol–water partition coefficient (Wildman–Crippen LogP) is 6.82. The van der Waals surface area contributed by atoms with Gasteiger partial charge in [-0.15, -0.1) is 0 Å². The van der Waals surface area contributed by atoms with E-state index in [0.29, 0.717) is 21.8 Å². The molecule has 3 aromatic rings. The average Bonchev–Trinajstić information content (AvgIpc) is 3.44. The molecule has 0 atom stereocenters. The minimum Gasteiger partial charge on any atom is -0.339 e. The van der Waals surface area contributed by atoms with E-state index >= 15 is 0 Å². The topological polar surface area (TPSA) is 43.1 Å². The first-order valence-corrected chi connectivity index (χ1v) is 11.5. The number of hydrogen-bond donors (Lipinski definition) is 0. The molecule has 1 aliphatic carbocycles. The van der Waals surface area contributed by atoms with Crippen LogP contribution in [0, 0.1) is 0 Å². The molecule has 4 rings (SSSR count). The second-order valence-electron chi connectivity index (χ2n) is 8.43. The molecule has 1 saturated carbocycles. The molecule has 1 amide bonds.